The molecule has 4 nitrogen and oxygen atoms in total. The number of benzene rings is 1. The molecule has 0 radical (unpaired) electrons. The quantitative estimate of drug-likeness (QED) is 0.446. The largest absolute Gasteiger partial charge is 0.465 e. The fourth-order valence-electron chi connectivity index (χ4n) is 1.18. The summed E-state index contributed by atoms with van der Waals surface area (Å²) in [7, 11) is 1.31. The molecule has 0 atom stereocenters. The Morgan fingerprint density at radius 1 is 1.29 bits per heavy atom. The van der Waals surface area contributed by atoms with Crippen LogP contribution in [0, 0.1) is 0 Å². The van der Waals surface area contributed by atoms with Crippen molar-refractivity contribution in [3.05, 3.63) is 42.5 Å². The summed E-state index contributed by atoms with van der Waals surface area (Å²) in [5.41, 5.74) is 0.415. The van der Waals surface area contributed by atoms with Gasteiger partial charge in [0.05, 0.1) is 12.7 Å². The minimum atomic E-state index is -0.422. The first-order valence-electron chi connectivity index (χ1n) is 5.17. The van der Waals surface area contributed by atoms with Gasteiger partial charge in [-0.1, -0.05) is 6.08 Å². The second kappa shape index (κ2) is 6.48. The van der Waals surface area contributed by atoms with E-state index in [2.05, 4.69) is 11.3 Å². The number of rotatable bonds is 5. The van der Waals surface area contributed by atoms with Crippen molar-refractivity contribution >= 4 is 11.9 Å². The van der Waals surface area contributed by atoms with Crippen LogP contribution in [0.3, 0.4) is 0 Å². The molecule has 0 heterocycles. The van der Waals surface area contributed by atoms with Crippen molar-refractivity contribution in [2.24, 2.45) is 0 Å². The average molecular weight is 234 g/mol. The molecule has 0 spiro atoms. The first-order valence-corrected chi connectivity index (χ1v) is 5.17. The average Bonchev–Trinajstić information content (AvgIpc) is 2.36. The predicted octanol–water partition coefficient (Wildman–Crippen LogP) is 2.34. The van der Waals surface area contributed by atoms with Gasteiger partial charge in [-0.15, -0.1) is 6.58 Å². The normalized spacial score (nSPS) is 9.47. The molecule has 17 heavy (non-hydrogen) atoms. The van der Waals surface area contributed by atoms with Crippen LogP contribution >= 0.6 is 0 Å². The number of hydrogen-bond acceptors (Lipinski definition) is 4. The molecule has 1 rings (SSSR count). The van der Waals surface area contributed by atoms with Crippen LogP contribution in [0.5, 0.6) is 5.75 Å². The third kappa shape index (κ3) is 4.10. The van der Waals surface area contributed by atoms with Gasteiger partial charge in [-0.2, -0.15) is 0 Å². The first kappa shape index (κ1) is 13.0. The lowest BCUT2D eigenvalue weighted by Gasteiger charge is -2.04. The molecule has 0 aromatic heterocycles. The molecule has 0 bridgehead atoms. The van der Waals surface area contributed by atoms with Gasteiger partial charge >= 0.3 is 11.9 Å². The fraction of sp³-hybridized carbons (Fsp3) is 0.231. The van der Waals surface area contributed by atoms with Crippen LogP contribution in [0.25, 0.3) is 0 Å². The lowest BCUT2D eigenvalue weighted by Crippen LogP contribution is -2.07. The number of hydrogen-bond donors (Lipinski definition) is 0. The Hall–Kier alpha value is -2.10. The molecular formula is C13H14O4. The molecule has 0 saturated carbocycles. The molecule has 0 aliphatic carbocycles. The molecule has 0 N–H and O–H groups in total. The van der Waals surface area contributed by atoms with Crippen LogP contribution in [-0.4, -0.2) is 19.0 Å². The third-order valence-corrected chi connectivity index (χ3v) is 2.06. The summed E-state index contributed by atoms with van der Waals surface area (Å²) in [6.45, 7) is 3.52. The van der Waals surface area contributed by atoms with Gasteiger partial charge in [0.1, 0.15) is 5.75 Å². The van der Waals surface area contributed by atoms with E-state index in [0.29, 0.717) is 24.2 Å². The number of carbonyl (C=O) groups is 2. The molecule has 0 fully saturated rings. The molecule has 0 aliphatic heterocycles. The highest BCUT2D eigenvalue weighted by atomic mass is 16.5. The Kier molecular flexibility index (Phi) is 4.94. The maximum atomic E-state index is 11.3. The second-order valence-corrected chi connectivity index (χ2v) is 3.32. The molecule has 0 aliphatic rings. The Labute approximate surface area is 99.8 Å². The Morgan fingerprint density at radius 3 is 2.47 bits per heavy atom. The summed E-state index contributed by atoms with van der Waals surface area (Å²) in [6.07, 6.45) is 2.53. The smallest absolute Gasteiger partial charge is 0.337 e. The molecule has 0 unspecified atom stereocenters. The topological polar surface area (TPSA) is 52.6 Å². The van der Waals surface area contributed by atoms with Crippen LogP contribution in [-0.2, 0) is 9.53 Å². The SMILES string of the molecule is C=CCCC(=O)Oc1ccc(C(=O)OC)cc1. The highest BCUT2D eigenvalue weighted by Crippen LogP contribution is 2.13. The summed E-state index contributed by atoms with van der Waals surface area (Å²) >= 11 is 0. The number of carbonyl (C=O) groups excluding carboxylic acids is 2. The van der Waals surface area contributed by atoms with E-state index in [-0.39, 0.29) is 5.97 Å². The van der Waals surface area contributed by atoms with Crippen LogP contribution in [0.15, 0.2) is 36.9 Å². The van der Waals surface area contributed by atoms with Gasteiger partial charge < -0.3 is 9.47 Å². The van der Waals surface area contributed by atoms with Crippen LogP contribution in [0.4, 0.5) is 0 Å². The van der Waals surface area contributed by atoms with E-state index in [9.17, 15) is 9.59 Å². The standard InChI is InChI=1S/C13H14O4/c1-3-4-5-12(14)17-11-8-6-10(7-9-11)13(15)16-2/h3,6-9H,1,4-5H2,2H3. The Balaban J connectivity index is 2.59. The number of ether oxygens (including phenoxy) is 2. The lowest BCUT2D eigenvalue weighted by atomic mass is 10.2. The van der Waals surface area contributed by atoms with Gasteiger partial charge in [-0.3, -0.25) is 4.79 Å². The molecule has 4 heteroatoms. The molecule has 90 valence electrons. The summed E-state index contributed by atoms with van der Waals surface area (Å²) in [5.74, 6) is -0.336. The number of methoxy groups -OCH3 is 1. The van der Waals surface area contributed by atoms with Crippen LogP contribution < -0.4 is 4.74 Å². The van der Waals surface area contributed by atoms with Crippen molar-refractivity contribution in [2.75, 3.05) is 7.11 Å². The van der Waals surface area contributed by atoms with E-state index in [1.54, 1.807) is 30.3 Å². The summed E-state index contributed by atoms with van der Waals surface area (Å²) in [5, 5.41) is 0. The van der Waals surface area contributed by atoms with Crippen molar-refractivity contribution < 1.29 is 19.1 Å². The van der Waals surface area contributed by atoms with Gasteiger partial charge in [0.15, 0.2) is 0 Å². The summed E-state index contributed by atoms with van der Waals surface area (Å²) < 4.78 is 9.60. The van der Waals surface area contributed by atoms with Crippen molar-refractivity contribution in [2.45, 2.75) is 12.8 Å². The lowest BCUT2D eigenvalue weighted by molar-refractivity contribution is -0.134. The first-order chi connectivity index (χ1) is 8.17. The fourth-order valence-corrected chi connectivity index (χ4v) is 1.18. The highest BCUT2D eigenvalue weighted by molar-refractivity contribution is 5.89. The van der Waals surface area contributed by atoms with Crippen molar-refractivity contribution in [3.63, 3.8) is 0 Å². The molecular weight excluding hydrogens is 220 g/mol. The zero-order chi connectivity index (χ0) is 12.7. The zero-order valence-electron chi connectivity index (χ0n) is 9.64. The zero-order valence-corrected chi connectivity index (χ0v) is 9.64. The van der Waals surface area contributed by atoms with E-state index in [4.69, 9.17) is 4.74 Å². The molecule has 0 amide bonds. The van der Waals surface area contributed by atoms with Crippen molar-refractivity contribution in [1.82, 2.24) is 0 Å². The monoisotopic (exact) mass is 234 g/mol. The molecule has 0 saturated heterocycles. The van der Waals surface area contributed by atoms with E-state index in [1.807, 2.05) is 0 Å². The molecule has 1 aromatic carbocycles. The van der Waals surface area contributed by atoms with E-state index >= 15 is 0 Å². The number of allylic oxidation sites excluding steroid dienone is 1. The summed E-state index contributed by atoms with van der Waals surface area (Å²) in [6, 6.07) is 6.19. The predicted molar refractivity (Wildman–Crippen MR) is 62.8 cm³/mol. The van der Waals surface area contributed by atoms with Crippen LogP contribution in [0.1, 0.15) is 23.2 Å². The Bertz CT molecular complexity index is 406. The Morgan fingerprint density at radius 2 is 1.94 bits per heavy atom. The van der Waals surface area contributed by atoms with Gasteiger partial charge in [0.2, 0.25) is 0 Å². The van der Waals surface area contributed by atoms with E-state index in [1.165, 1.54) is 7.11 Å². The minimum Gasteiger partial charge on any atom is -0.465 e. The highest BCUT2D eigenvalue weighted by Gasteiger charge is 2.07. The second-order valence-electron chi connectivity index (χ2n) is 3.32. The molecule has 1 aromatic rings. The van der Waals surface area contributed by atoms with E-state index < -0.39 is 5.97 Å². The van der Waals surface area contributed by atoms with Crippen LogP contribution in [0.2, 0.25) is 0 Å². The maximum absolute atomic E-state index is 11.3. The van der Waals surface area contributed by atoms with Crippen molar-refractivity contribution in [1.29, 1.82) is 0 Å². The summed E-state index contributed by atoms with van der Waals surface area (Å²) in [4.78, 5) is 22.4. The number of esters is 2. The minimum absolute atomic E-state index is 0.294. The van der Waals surface area contributed by atoms with E-state index in [0.717, 1.165) is 0 Å². The maximum Gasteiger partial charge on any atom is 0.337 e. The van der Waals surface area contributed by atoms with Gasteiger partial charge in [0, 0.05) is 6.42 Å². The van der Waals surface area contributed by atoms with Gasteiger partial charge in [-0.25, -0.2) is 4.79 Å². The third-order valence-electron chi connectivity index (χ3n) is 2.06. The van der Waals surface area contributed by atoms with Gasteiger partial charge in [0.25, 0.3) is 0 Å². The van der Waals surface area contributed by atoms with Crippen molar-refractivity contribution in [3.8, 4) is 5.75 Å². The van der Waals surface area contributed by atoms with Gasteiger partial charge in [-0.05, 0) is 30.7 Å².